The second-order valence-electron chi connectivity index (χ2n) is 26.9. The van der Waals surface area contributed by atoms with Crippen molar-refractivity contribution < 1.29 is 9.47 Å². The molecule has 98 heavy (non-hydrogen) atoms. The van der Waals surface area contributed by atoms with Crippen LogP contribution in [0.3, 0.4) is 0 Å². The molecule has 4 heteroatoms. The van der Waals surface area contributed by atoms with Crippen molar-refractivity contribution in [3.8, 4) is 90.0 Å². The summed E-state index contributed by atoms with van der Waals surface area (Å²) in [4.78, 5) is 0. The first-order valence-electron chi connectivity index (χ1n) is 33.9. The van der Waals surface area contributed by atoms with Gasteiger partial charge < -0.3 is 18.6 Å². The maximum atomic E-state index is 7.08. The quantitative estimate of drug-likeness (QED) is 0.172. The topological polar surface area (TPSA) is 28.3 Å². The average molecular weight is 1250 g/mol. The first-order chi connectivity index (χ1) is 48.6. The molecule has 2 unspecified atom stereocenters. The van der Waals surface area contributed by atoms with E-state index in [0.29, 0.717) is 0 Å². The van der Waals surface area contributed by atoms with Crippen molar-refractivity contribution >= 4 is 65.2 Å². The fraction of sp³-hybridized carbons (Fsp3) is 0.0213. The highest BCUT2D eigenvalue weighted by molar-refractivity contribution is 6.17. The van der Waals surface area contributed by atoms with Gasteiger partial charge in [0.1, 0.15) is 23.0 Å². The maximum Gasteiger partial charge on any atom is 0.132 e. The van der Waals surface area contributed by atoms with E-state index < -0.39 is 10.8 Å². The van der Waals surface area contributed by atoms with Gasteiger partial charge in [-0.25, -0.2) is 0 Å². The highest BCUT2D eigenvalue weighted by atomic mass is 16.5. The van der Waals surface area contributed by atoms with Crippen LogP contribution in [0.5, 0.6) is 23.0 Å². The lowest BCUT2D eigenvalue weighted by molar-refractivity contribution is 0.436. The summed E-state index contributed by atoms with van der Waals surface area (Å²) >= 11 is 0. The number of fused-ring (bicyclic) bond motifs is 26. The fourth-order valence-corrected chi connectivity index (χ4v) is 18.1. The third-order valence-corrected chi connectivity index (χ3v) is 22.2. The van der Waals surface area contributed by atoms with Gasteiger partial charge in [0.25, 0.3) is 0 Å². The SMILES string of the molecule is c1ccc(-n2c3cc4ccccc4cc3c3cccc(-c4ccc5c(c4)C4(c6ccccc6O5)c5ccccc5-c5cc(-c6ccc7c(c6)-c6ccccc6C76c7ccccc7Oc7ccc(-c8cccc(-n9c%10ccccc%10c%10cc%11ccccc%11cc%109)c8)cc76)ccc54)c32)cc1. The van der Waals surface area contributed by atoms with Gasteiger partial charge in [-0.2, -0.15) is 0 Å². The number of rotatable bonds is 5. The Morgan fingerprint density at radius 2 is 0.622 bits per heavy atom. The molecule has 4 nitrogen and oxygen atoms in total. The predicted molar refractivity (Wildman–Crippen MR) is 401 cm³/mol. The summed E-state index contributed by atoms with van der Waals surface area (Å²) in [5.74, 6) is 3.46. The van der Waals surface area contributed by atoms with Crippen molar-refractivity contribution in [1.29, 1.82) is 0 Å². The van der Waals surface area contributed by atoms with E-state index in [4.69, 9.17) is 9.47 Å². The molecule has 2 spiro atoms. The average Bonchev–Trinajstić information content (AvgIpc) is 1.41. The van der Waals surface area contributed by atoms with Crippen LogP contribution in [0.15, 0.2) is 340 Å². The van der Waals surface area contributed by atoms with Gasteiger partial charge in [-0.15, -0.1) is 0 Å². The summed E-state index contributed by atoms with van der Waals surface area (Å²) in [5, 5.41) is 9.85. The Morgan fingerprint density at radius 3 is 1.26 bits per heavy atom. The largest absolute Gasteiger partial charge is 0.457 e. The highest BCUT2D eigenvalue weighted by Gasteiger charge is 2.53. The zero-order valence-electron chi connectivity index (χ0n) is 53.0. The molecule has 0 bridgehead atoms. The molecule has 0 N–H and O–H groups in total. The van der Waals surface area contributed by atoms with Crippen molar-refractivity contribution in [3.05, 3.63) is 384 Å². The molecule has 2 aliphatic carbocycles. The first kappa shape index (κ1) is 53.6. The van der Waals surface area contributed by atoms with Crippen LogP contribution in [0, 0.1) is 0 Å². The summed E-state index contributed by atoms with van der Waals surface area (Å²) in [6.07, 6.45) is 0. The summed E-state index contributed by atoms with van der Waals surface area (Å²) in [7, 11) is 0. The van der Waals surface area contributed by atoms with E-state index in [1.807, 2.05) is 0 Å². The monoisotopic (exact) mass is 1240 g/mol. The minimum Gasteiger partial charge on any atom is -0.457 e. The summed E-state index contributed by atoms with van der Waals surface area (Å²) in [6.45, 7) is 0. The number of nitrogens with zero attached hydrogens (tertiary/aromatic N) is 2. The van der Waals surface area contributed by atoms with Crippen molar-refractivity contribution in [1.82, 2.24) is 9.13 Å². The van der Waals surface area contributed by atoms with E-state index in [1.54, 1.807) is 0 Å². The van der Waals surface area contributed by atoms with Gasteiger partial charge >= 0.3 is 0 Å². The Balaban J connectivity index is 0.700. The number of aromatic nitrogens is 2. The molecule has 0 saturated heterocycles. The highest BCUT2D eigenvalue weighted by Crippen LogP contribution is 2.65. The van der Waals surface area contributed by atoms with Crippen LogP contribution >= 0.6 is 0 Å². The molecular weight excluding hydrogens is 1190 g/mol. The Kier molecular flexibility index (Phi) is 10.9. The van der Waals surface area contributed by atoms with Gasteiger partial charge in [0.2, 0.25) is 0 Å². The minimum atomic E-state index is -0.698. The second-order valence-corrected chi connectivity index (χ2v) is 26.9. The lowest BCUT2D eigenvalue weighted by atomic mass is 9.65. The predicted octanol–water partition coefficient (Wildman–Crippen LogP) is 24.1. The van der Waals surface area contributed by atoms with E-state index in [9.17, 15) is 0 Å². The van der Waals surface area contributed by atoms with E-state index in [-0.39, 0.29) is 0 Å². The lowest BCUT2D eigenvalue weighted by Crippen LogP contribution is -2.32. The third-order valence-electron chi connectivity index (χ3n) is 22.2. The zero-order valence-corrected chi connectivity index (χ0v) is 53.0. The molecule has 0 radical (unpaired) electrons. The van der Waals surface area contributed by atoms with Crippen LogP contribution in [-0.2, 0) is 10.8 Å². The Hall–Kier alpha value is -12.8. The van der Waals surface area contributed by atoms with Crippen LogP contribution in [0.1, 0.15) is 44.5 Å². The van der Waals surface area contributed by atoms with Gasteiger partial charge in [-0.3, -0.25) is 0 Å². The zero-order chi connectivity index (χ0) is 64.0. The third kappa shape index (κ3) is 7.17. The molecule has 0 saturated carbocycles. The molecule has 2 aliphatic heterocycles. The molecule has 4 heterocycles. The number of ether oxygens (including phenoxy) is 2. The van der Waals surface area contributed by atoms with Crippen molar-refractivity contribution in [2.24, 2.45) is 0 Å². The van der Waals surface area contributed by atoms with E-state index in [0.717, 1.165) is 90.0 Å². The van der Waals surface area contributed by atoms with Gasteiger partial charge in [0.15, 0.2) is 0 Å². The van der Waals surface area contributed by atoms with Gasteiger partial charge in [-0.1, -0.05) is 237 Å². The Labute approximate surface area is 565 Å². The van der Waals surface area contributed by atoms with Gasteiger partial charge in [-0.05, 0) is 197 Å². The van der Waals surface area contributed by atoms with Crippen molar-refractivity contribution in [2.75, 3.05) is 0 Å². The van der Waals surface area contributed by atoms with E-state index in [1.165, 1.54) is 110 Å². The summed E-state index contributed by atoms with van der Waals surface area (Å²) in [6, 6.07) is 126. The van der Waals surface area contributed by atoms with Crippen LogP contribution in [-0.4, -0.2) is 9.13 Å². The second kappa shape index (κ2) is 19.9. The molecule has 4 aliphatic rings. The molecule has 16 aromatic carbocycles. The first-order valence-corrected chi connectivity index (χ1v) is 33.9. The summed E-state index contributed by atoms with van der Waals surface area (Å²) in [5.41, 5.74) is 26.9. The van der Waals surface area contributed by atoms with Gasteiger partial charge in [0.05, 0.1) is 32.9 Å². The number of hydrogen-bond acceptors (Lipinski definition) is 2. The van der Waals surface area contributed by atoms with E-state index in [2.05, 4.69) is 349 Å². The molecule has 2 aromatic heterocycles. The number of benzene rings is 16. The van der Waals surface area contributed by atoms with Crippen LogP contribution in [0.25, 0.3) is 132 Å². The number of para-hydroxylation sites is 5. The molecule has 22 rings (SSSR count). The summed E-state index contributed by atoms with van der Waals surface area (Å²) < 4.78 is 19.0. The van der Waals surface area contributed by atoms with Gasteiger partial charge in [0, 0.05) is 60.7 Å². The number of hydrogen-bond donors (Lipinski definition) is 0. The normalized spacial score (nSPS) is 15.8. The van der Waals surface area contributed by atoms with Crippen molar-refractivity contribution in [3.63, 3.8) is 0 Å². The molecule has 18 aromatic rings. The van der Waals surface area contributed by atoms with Crippen molar-refractivity contribution in [2.45, 2.75) is 10.8 Å². The van der Waals surface area contributed by atoms with Crippen LogP contribution in [0.2, 0.25) is 0 Å². The Morgan fingerprint density at radius 1 is 0.204 bits per heavy atom. The molecule has 0 fully saturated rings. The van der Waals surface area contributed by atoms with Crippen LogP contribution in [0.4, 0.5) is 0 Å². The Bertz CT molecular complexity index is 6520. The van der Waals surface area contributed by atoms with Crippen LogP contribution < -0.4 is 9.47 Å². The molecule has 2 atom stereocenters. The lowest BCUT2D eigenvalue weighted by Gasteiger charge is -2.39. The molecule has 0 amide bonds. The maximum absolute atomic E-state index is 7.08. The fourth-order valence-electron chi connectivity index (χ4n) is 18.1. The molecular formula is C94H56N2O2. The smallest absolute Gasteiger partial charge is 0.132 e. The minimum absolute atomic E-state index is 0.680. The molecule has 454 valence electrons. The standard InChI is InChI=1S/C94H56N2O2/c1-2-25-66(26-3-1)96-87-56-61-23-7-5-21-59(61)52-76(87)72-32-19-31-68(92(72)96)65-43-47-91-84(54-65)94(82-36-14-17-39-89(82)98-91)78-34-12-9-29-70(78)74-50-63(41-45-80(74)94)62-40-44-79-73(49-62)69-28-8-11-33-77(69)93(79)81-35-13-16-38-88(81)97-90-46-42-64(53-83(90)93)57-24-18-27-67(48-57)95-85-37-15-10-30-71(85)75-51-58-20-4-6-22-60(58)55-86(75)95/h1-56H. The van der Waals surface area contributed by atoms with E-state index >= 15 is 0 Å².